The van der Waals surface area contributed by atoms with Crippen LogP contribution in [0.2, 0.25) is 0 Å². The van der Waals surface area contributed by atoms with Crippen molar-refractivity contribution in [1.82, 2.24) is 5.32 Å². The fourth-order valence-corrected chi connectivity index (χ4v) is 1.94. The molecule has 102 valence electrons. The first kappa shape index (κ1) is 15.0. The maximum absolute atomic E-state index is 12.9. The summed E-state index contributed by atoms with van der Waals surface area (Å²) in [5, 5.41) is 2.82. The Balaban J connectivity index is 2.76. The fourth-order valence-electron chi connectivity index (χ4n) is 1.94. The van der Waals surface area contributed by atoms with Crippen LogP contribution in [-0.4, -0.2) is 18.8 Å². The van der Waals surface area contributed by atoms with Gasteiger partial charge in [0.05, 0.1) is 6.42 Å². The third-order valence-electron chi connectivity index (χ3n) is 2.74. The van der Waals surface area contributed by atoms with Gasteiger partial charge in [0.2, 0.25) is 0 Å². The van der Waals surface area contributed by atoms with Crippen molar-refractivity contribution >= 4 is 0 Å². The largest absolute Gasteiger partial charge is 0.390 e. The number of nitrogens with one attached hydrogen (secondary N) is 1. The second-order valence-corrected chi connectivity index (χ2v) is 4.35. The van der Waals surface area contributed by atoms with Gasteiger partial charge in [-0.25, -0.2) is 4.39 Å². The zero-order valence-electron chi connectivity index (χ0n) is 10.4. The molecule has 1 nitrogen and oxygen atoms in total. The van der Waals surface area contributed by atoms with Gasteiger partial charge in [0, 0.05) is 6.04 Å². The minimum Gasteiger partial charge on any atom is -0.314 e. The molecule has 1 atom stereocenters. The summed E-state index contributed by atoms with van der Waals surface area (Å²) in [5.41, 5.74) is 1.42. The molecule has 0 bridgehead atoms. The van der Waals surface area contributed by atoms with E-state index in [2.05, 4.69) is 5.32 Å². The van der Waals surface area contributed by atoms with Crippen molar-refractivity contribution in [2.45, 2.75) is 38.9 Å². The van der Waals surface area contributed by atoms with Crippen LogP contribution in [0.5, 0.6) is 0 Å². The molecule has 1 unspecified atom stereocenters. The van der Waals surface area contributed by atoms with Crippen molar-refractivity contribution in [2.75, 3.05) is 6.54 Å². The van der Waals surface area contributed by atoms with Gasteiger partial charge in [-0.05, 0) is 43.1 Å². The molecule has 0 aliphatic carbocycles. The Hall–Kier alpha value is -1.10. The molecule has 0 saturated heterocycles. The lowest BCUT2D eigenvalue weighted by atomic mass is 9.99. The molecule has 0 amide bonds. The third-order valence-corrected chi connectivity index (χ3v) is 2.74. The molecular weight excluding hydrogens is 246 g/mol. The highest BCUT2D eigenvalue weighted by molar-refractivity contribution is 5.27. The number of hydrogen-bond acceptors (Lipinski definition) is 1. The second-order valence-electron chi connectivity index (χ2n) is 4.35. The molecule has 18 heavy (non-hydrogen) atoms. The molecule has 0 fully saturated rings. The number of likely N-dealkylation sites (N-methyl/N-ethyl adjacent to an activating group) is 1. The van der Waals surface area contributed by atoms with E-state index in [4.69, 9.17) is 0 Å². The number of halogens is 4. The van der Waals surface area contributed by atoms with Crippen molar-refractivity contribution in [3.05, 3.63) is 35.1 Å². The van der Waals surface area contributed by atoms with E-state index in [1.54, 1.807) is 19.9 Å². The van der Waals surface area contributed by atoms with Crippen molar-refractivity contribution < 1.29 is 17.6 Å². The molecule has 1 aromatic carbocycles. The molecule has 0 aliphatic heterocycles. The molecule has 0 radical (unpaired) electrons. The molecule has 0 heterocycles. The lowest BCUT2D eigenvalue weighted by Crippen LogP contribution is -2.35. The van der Waals surface area contributed by atoms with Gasteiger partial charge in [-0.15, -0.1) is 0 Å². The van der Waals surface area contributed by atoms with E-state index in [0.29, 0.717) is 12.1 Å². The summed E-state index contributed by atoms with van der Waals surface area (Å²) in [7, 11) is 0. The summed E-state index contributed by atoms with van der Waals surface area (Å²) in [6.07, 6.45) is -4.82. The zero-order chi connectivity index (χ0) is 13.8. The first-order valence-corrected chi connectivity index (χ1v) is 5.87. The minimum absolute atomic E-state index is 0.249. The second kappa shape index (κ2) is 6.18. The van der Waals surface area contributed by atoms with E-state index in [1.165, 1.54) is 12.1 Å². The number of alkyl halides is 3. The van der Waals surface area contributed by atoms with E-state index in [1.807, 2.05) is 0 Å². The Bertz CT molecular complexity index is 387. The van der Waals surface area contributed by atoms with Gasteiger partial charge in [0.1, 0.15) is 5.82 Å². The molecule has 0 aromatic heterocycles. The van der Waals surface area contributed by atoms with Crippen LogP contribution in [0, 0.1) is 12.7 Å². The van der Waals surface area contributed by atoms with Crippen LogP contribution in [0.1, 0.15) is 24.5 Å². The average molecular weight is 263 g/mol. The topological polar surface area (TPSA) is 12.0 Å². The summed E-state index contributed by atoms with van der Waals surface area (Å²) in [4.78, 5) is 0. The molecule has 5 heteroatoms. The van der Waals surface area contributed by atoms with Crippen LogP contribution < -0.4 is 5.32 Å². The third kappa shape index (κ3) is 5.04. The van der Waals surface area contributed by atoms with Crippen LogP contribution in [-0.2, 0) is 6.42 Å². The lowest BCUT2D eigenvalue weighted by molar-refractivity contribution is -0.139. The Kier molecular flexibility index (Phi) is 5.14. The van der Waals surface area contributed by atoms with Crippen LogP contribution in [0.25, 0.3) is 0 Å². The van der Waals surface area contributed by atoms with Gasteiger partial charge in [-0.1, -0.05) is 13.0 Å². The van der Waals surface area contributed by atoms with E-state index >= 15 is 0 Å². The fraction of sp³-hybridized carbons (Fsp3) is 0.538. The molecule has 1 N–H and O–H groups in total. The number of hydrogen-bond donors (Lipinski definition) is 1. The van der Waals surface area contributed by atoms with Gasteiger partial charge in [-0.3, -0.25) is 0 Å². The van der Waals surface area contributed by atoms with Gasteiger partial charge in [-0.2, -0.15) is 13.2 Å². The Labute approximate surface area is 104 Å². The molecular formula is C13H17F4N. The maximum atomic E-state index is 12.9. The van der Waals surface area contributed by atoms with Gasteiger partial charge in [0.15, 0.2) is 0 Å². The lowest BCUT2D eigenvalue weighted by Gasteiger charge is -2.20. The smallest absolute Gasteiger partial charge is 0.314 e. The normalized spacial score (nSPS) is 13.7. The quantitative estimate of drug-likeness (QED) is 0.800. The standard InChI is InChI=1S/C13H17F4N/c1-3-18-12(8-13(15,16)17)7-10-4-5-11(14)6-9(10)2/h4-6,12,18H,3,7-8H2,1-2H3. The maximum Gasteiger partial charge on any atom is 0.390 e. The predicted octanol–water partition coefficient (Wildman–Crippen LogP) is 3.61. The van der Waals surface area contributed by atoms with Gasteiger partial charge >= 0.3 is 6.18 Å². The highest BCUT2D eigenvalue weighted by Gasteiger charge is 2.31. The zero-order valence-corrected chi connectivity index (χ0v) is 10.4. The van der Waals surface area contributed by atoms with E-state index in [9.17, 15) is 17.6 Å². The summed E-state index contributed by atoms with van der Waals surface area (Å²) < 4.78 is 50.1. The Morgan fingerprint density at radius 1 is 1.28 bits per heavy atom. The molecule has 0 saturated carbocycles. The average Bonchev–Trinajstić information content (AvgIpc) is 2.20. The highest BCUT2D eigenvalue weighted by atomic mass is 19.4. The summed E-state index contributed by atoms with van der Waals surface area (Å²) >= 11 is 0. The number of rotatable bonds is 5. The van der Waals surface area contributed by atoms with Crippen molar-refractivity contribution in [3.8, 4) is 0 Å². The first-order chi connectivity index (χ1) is 8.31. The Morgan fingerprint density at radius 2 is 1.94 bits per heavy atom. The van der Waals surface area contributed by atoms with Crippen LogP contribution in [0.15, 0.2) is 18.2 Å². The van der Waals surface area contributed by atoms with E-state index in [0.717, 1.165) is 5.56 Å². The van der Waals surface area contributed by atoms with E-state index < -0.39 is 18.6 Å². The SMILES string of the molecule is CCNC(Cc1ccc(F)cc1C)CC(F)(F)F. The van der Waals surface area contributed by atoms with Crippen molar-refractivity contribution in [3.63, 3.8) is 0 Å². The van der Waals surface area contributed by atoms with E-state index in [-0.39, 0.29) is 12.2 Å². The summed E-state index contributed by atoms with van der Waals surface area (Å²) in [5.74, 6) is -0.368. The van der Waals surface area contributed by atoms with Gasteiger partial charge < -0.3 is 5.32 Å². The van der Waals surface area contributed by atoms with Crippen molar-refractivity contribution in [1.29, 1.82) is 0 Å². The highest BCUT2D eigenvalue weighted by Crippen LogP contribution is 2.24. The van der Waals surface area contributed by atoms with Crippen LogP contribution in [0.4, 0.5) is 17.6 Å². The van der Waals surface area contributed by atoms with Crippen LogP contribution in [0.3, 0.4) is 0 Å². The summed E-state index contributed by atoms with van der Waals surface area (Å²) in [6, 6.07) is 3.50. The summed E-state index contributed by atoms with van der Waals surface area (Å²) in [6.45, 7) is 3.94. The molecule has 0 aliphatic rings. The molecule has 1 aromatic rings. The molecule has 0 spiro atoms. The number of benzene rings is 1. The van der Waals surface area contributed by atoms with Crippen molar-refractivity contribution in [2.24, 2.45) is 0 Å². The first-order valence-electron chi connectivity index (χ1n) is 5.87. The number of aryl methyl sites for hydroxylation is 1. The Morgan fingerprint density at radius 3 is 2.44 bits per heavy atom. The monoisotopic (exact) mass is 263 g/mol. The molecule has 1 rings (SSSR count). The predicted molar refractivity (Wildman–Crippen MR) is 63.0 cm³/mol. The minimum atomic E-state index is -4.19. The van der Waals surface area contributed by atoms with Crippen LogP contribution >= 0.6 is 0 Å². The van der Waals surface area contributed by atoms with Gasteiger partial charge in [0.25, 0.3) is 0 Å².